The normalized spacial score (nSPS) is 27.0. The Hall–Kier alpha value is -1.50. The fraction of sp³-hybridized carbons (Fsp3) is 0.957. The molecular formula is C47H88O15. The number of carbonyl (C=O) groups excluding carboxylic acids is 2. The lowest BCUT2D eigenvalue weighted by molar-refractivity contribution is -0.332. The molecule has 366 valence electrons. The van der Waals surface area contributed by atoms with E-state index in [1.165, 1.54) is 116 Å². The molecule has 0 radical (unpaired) electrons. The predicted molar refractivity (Wildman–Crippen MR) is 234 cm³/mol. The van der Waals surface area contributed by atoms with Crippen molar-refractivity contribution in [3.05, 3.63) is 0 Å². The molecule has 0 saturated carbocycles. The second-order valence-corrected chi connectivity index (χ2v) is 17.7. The lowest BCUT2D eigenvalue weighted by atomic mass is 9.98. The quantitative estimate of drug-likeness (QED) is 0.0277. The summed E-state index contributed by atoms with van der Waals surface area (Å²) in [5.74, 6) is -0.913. The van der Waals surface area contributed by atoms with Gasteiger partial charge in [-0.25, -0.2) is 0 Å². The number of aliphatic hydroxyl groups excluding tert-OH is 7. The van der Waals surface area contributed by atoms with Crippen molar-refractivity contribution in [3.8, 4) is 0 Å². The molecule has 2 heterocycles. The number of esters is 2. The summed E-state index contributed by atoms with van der Waals surface area (Å²) in [5.41, 5.74) is 0. The van der Waals surface area contributed by atoms with Gasteiger partial charge >= 0.3 is 11.9 Å². The van der Waals surface area contributed by atoms with E-state index in [9.17, 15) is 45.3 Å². The van der Waals surface area contributed by atoms with Gasteiger partial charge in [0.05, 0.1) is 19.8 Å². The molecule has 11 unspecified atom stereocenters. The molecule has 0 aromatic carbocycles. The predicted octanol–water partition coefficient (Wildman–Crippen LogP) is 6.04. The molecule has 0 aromatic rings. The minimum atomic E-state index is -1.76. The van der Waals surface area contributed by atoms with E-state index >= 15 is 0 Å². The lowest BCUT2D eigenvalue weighted by Gasteiger charge is -2.42. The molecule has 62 heavy (non-hydrogen) atoms. The summed E-state index contributed by atoms with van der Waals surface area (Å²) in [7, 11) is 0. The SMILES string of the molecule is CCCCCCCCCCCCCCCCC(=O)OC(COC(=O)CCCCCCCCCCCCCC)COC1OC(COC2OC(CO)C(O)C(O)C2O)C(O)C(O)C1O. The van der Waals surface area contributed by atoms with Crippen LogP contribution < -0.4 is 0 Å². The summed E-state index contributed by atoms with van der Waals surface area (Å²) in [6.45, 7) is 2.60. The summed E-state index contributed by atoms with van der Waals surface area (Å²) in [4.78, 5) is 25.7. The van der Waals surface area contributed by atoms with E-state index in [0.29, 0.717) is 12.8 Å². The van der Waals surface area contributed by atoms with Gasteiger partial charge in [-0.05, 0) is 12.8 Å². The zero-order valence-corrected chi connectivity index (χ0v) is 38.4. The average Bonchev–Trinajstić information content (AvgIpc) is 3.26. The monoisotopic (exact) mass is 893 g/mol. The van der Waals surface area contributed by atoms with Crippen LogP contribution in [-0.4, -0.2) is 142 Å². The van der Waals surface area contributed by atoms with Crippen LogP contribution >= 0.6 is 0 Å². The Balaban J connectivity index is 1.83. The maximum atomic E-state index is 13.0. The van der Waals surface area contributed by atoms with Crippen molar-refractivity contribution in [1.29, 1.82) is 0 Å². The van der Waals surface area contributed by atoms with Gasteiger partial charge < -0.3 is 64.2 Å². The summed E-state index contributed by atoms with van der Waals surface area (Å²) in [5, 5.41) is 71.9. The molecule has 2 aliphatic heterocycles. The third-order valence-corrected chi connectivity index (χ3v) is 12.1. The molecule has 0 bridgehead atoms. The average molecular weight is 893 g/mol. The van der Waals surface area contributed by atoms with Gasteiger partial charge in [-0.3, -0.25) is 9.59 Å². The van der Waals surface area contributed by atoms with Crippen molar-refractivity contribution in [2.24, 2.45) is 0 Å². The molecule has 7 N–H and O–H groups in total. The largest absolute Gasteiger partial charge is 0.462 e. The van der Waals surface area contributed by atoms with Crippen molar-refractivity contribution < 1.29 is 73.8 Å². The molecule has 15 nitrogen and oxygen atoms in total. The van der Waals surface area contributed by atoms with E-state index in [-0.39, 0.29) is 26.1 Å². The van der Waals surface area contributed by atoms with Gasteiger partial charge in [0.2, 0.25) is 0 Å². The van der Waals surface area contributed by atoms with Crippen LogP contribution in [0.4, 0.5) is 0 Å². The first kappa shape index (κ1) is 56.6. The number of carbonyl (C=O) groups is 2. The van der Waals surface area contributed by atoms with Gasteiger partial charge in [-0.15, -0.1) is 0 Å². The Morgan fingerprint density at radius 1 is 0.452 bits per heavy atom. The highest BCUT2D eigenvalue weighted by atomic mass is 16.7. The van der Waals surface area contributed by atoms with Crippen molar-refractivity contribution in [2.75, 3.05) is 26.4 Å². The fourth-order valence-corrected chi connectivity index (χ4v) is 7.98. The van der Waals surface area contributed by atoms with Crippen molar-refractivity contribution in [3.63, 3.8) is 0 Å². The highest BCUT2D eigenvalue weighted by Gasteiger charge is 2.47. The zero-order valence-electron chi connectivity index (χ0n) is 38.4. The number of ether oxygens (including phenoxy) is 6. The molecule has 15 heteroatoms. The summed E-state index contributed by atoms with van der Waals surface area (Å²) < 4.78 is 33.5. The lowest BCUT2D eigenvalue weighted by Crippen LogP contribution is -2.61. The number of aliphatic hydroxyl groups is 7. The Kier molecular flexibility index (Phi) is 32.6. The highest BCUT2D eigenvalue weighted by Crippen LogP contribution is 2.26. The number of hydrogen-bond donors (Lipinski definition) is 7. The molecule has 11 atom stereocenters. The van der Waals surface area contributed by atoms with Crippen LogP contribution in [0.2, 0.25) is 0 Å². The van der Waals surface area contributed by atoms with Gasteiger partial charge in [0, 0.05) is 12.8 Å². The van der Waals surface area contributed by atoms with Crippen LogP contribution in [0.1, 0.15) is 194 Å². The standard InChI is InChI=1S/C47H88O15/c1-3-5-7-9-11-13-15-17-18-20-22-24-26-28-30-39(50)60-35(32-57-38(49)29-27-25-23-21-19-16-14-12-10-8-6-4-2)33-58-46-45(56)43(54)41(52)37(62-46)34-59-47-44(55)42(53)40(51)36(31-48)61-47/h35-37,40-48,51-56H,3-34H2,1-2H3. The van der Waals surface area contributed by atoms with Crippen molar-refractivity contribution in [1.82, 2.24) is 0 Å². The first-order valence-corrected chi connectivity index (χ1v) is 24.6. The van der Waals surface area contributed by atoms with Gasteiger partial charge in [-0.1, -0.05) is 168 Å². The maximum absolute atomic E-state index is 13.0. The van der Waals surface area contributed by atoms with Gasteiger partial charge in [0.25, 0.3) is 0 Å². The van der Waals surface area contributed by atoms with Crippen LogP contribution in [0, 0.1) is 0 Å². The van der Waals surface area contributed by atoms with Crippen LogP contribution in [0.3, 0.4) is 0 Å². The number of rotatable bonds is 38. The summed E-state index contributed by atoms with van der Waals surface area (Å²) >= 11 is 0. The van der Waals surface area contributed by atoms with Crippen LogP contribution in [0.5, 0.6) is 0 Å². The van der Waals surface area contributed by atoms with Crippen molar-refractivity contribution >= 4 is 11.9 Å². The van der Waals surface area contributed by atoms with E-state index in [1.54, 1.807) is 0 Å². The molecular weight excluding hydrogens is 805 g/mol. The first-order valence-electron chi connectivity index (χ1n) is 24.6. The van der Waals surface area contributed by atoms with Gasteiger partial charge in [0.1, 0.15) is 55.4 Å². The third kappa shape index (κ3) is 24.1. The maximum Gasteiger partial charge on any atom is 0.306 e. The Labute approximate surface area is 372 Å². The molecule has 0 amide bonds. The number of unbranched alkanes of at least 4 members (excludes halogenated alkanes) is 24. The van der Waals surface area contributed by atoms with E-state index < -0.39 is 92.7 Å². The molecule has 2 rings (SSSR count). The second-order valence-electron chi connectivity index (χ2n) is 17.7. The topological polar surface area (TPSA) is 231 Å². The van der Waals surface area contributed by atoms with E-state index in [0.717, 1.165) is 38.5 Å². The minimum Gasteiger partial charge on any atom is -0.462 e. The molecule has 2 aliphatic rings. The molecule has 2 fully saturated rings. The number of hydrogen-bond acceptors (Lipinski definition) is 15. The Morgan fingerprint density at radius 3 is 1.26 bits per heavy atom. The minimum absolute atomic E-state index is 0.173. The summed E-state index contributed by atoms with van der Waals surface area (Å²) in [6.07, 6.45) is 14.2. The third-order valence-electron chi connectivity index (χ3n) is 12.1. The second kappa shape index (κ2) is 35.7. The van der Waals surface area contributed by atoms with Gasteiger partial charge in [-0.2, -0.15) is 0 Å². The summed E-state index contributed by atoms with van der Waals surface area (Å²) in [6, 6.07) is 0. The zero-order chi connectivity index (χ0) is 45.4. The Morgan fingerprint density at radius 2 is 0.823 bits per heavy atom. The fourth-order valence-electron chi connectivity index (χ4n) is 7.98. The van der Waals surface area contributed by atoms with E-state index in [4.69, 9.17) is 28.4 Å². The molecule has 2 saturated heterocycles. The highest BCUT2D eigenvalue weighted by molar-refractivity contribution is 5.70. The molecule has 0 aliphatic carbocycles. The molecule has 0 spiro atoms. The first-order chi connectivity index (χ1) is 30.0. The van der Waals surface area contributed by atoms with E-state index in [1.807, 2.05) is 0 Å². The van der Waals surface area contributed by atoms with Crippen LogP contribution in [-0.2, 0) is 38.0 Å². The van der Waals surface area contributed by atoms with E-state index in [2.05, 4.69) is 13.8 Å². The van der Waals surface area contributed by atoms with Gasteiger partial charge in [0.15, 0.2) is 18.7 Å². The van der Waals surface area contributed by atoms with Crippen molar-refractivity contribution in [2.45, 2.75) is 261 Å². The molecule has 0 aromatic heterocycles. The Bertz CT molecular complexity index is 1100. The smallest absolute Gasteiger partial charge is 0.306 e. The van der Waals surface area contributed by atoms with Crippen LogP contribution in [0.15, 0.2) is 0 Å². The van der Waals surface area contributed by atoms with Crippen LogP contribution in [0.25, 0.3) is 0 Å².